The minimum Gasteiger partial charge on any atom is -0.474 e. The van der Waals surface area contributed by atoms with Gasteiger partial charge in [-0.15, -0.1) is 11.6 Å². The second-order valence-corrected chi connectivity index (χ2v) is 5.46. The molecule has 1 aliphatic carbocycles. The Balaban J connectivity index is 2.09. The molecule has 1 saturated carbocycles. The van der Waals surface area contributed by atoms with Crippen LogP contribution in [0.25, 0.3) is 0 Å². The molecule has 0 saturated heterocycles. The maximum atomic E-state index is 6.11. The molecule has 100 valence electrons. The summed E-state index contributed by atoms with van der Waals surface area (Å²) in [4.78, 5) is 4.46. The first kappa shape index (κ1) is 13.7. The van der Waals surface area contributed by atoms with Crippen molar-refractivity contribution in [1.82, 2.24) is 4.98 Å². The van der Waals surface area contributed by atoms with Crippen LogP contribution in [0.1, 0.15) is 50.3 Å². The summed E-state index contributed by atoms with van der Waals surface area (Å²) in [6, 6.07) is 3.99. The van der Waals surface area contributed by atoms with Gasteiger partial charge in [0, 0.05) is 17.6 Å². The van der Waals surface area contributed by atoms with Crippen LogP contribution in [0, 0.1) is 12.8 Å². The van der Waals surface area contributed by atoms with Gasteiger partial charge in [0.25, 0.3) is 0 Å². The lowest BCUT2D eigenvalue weighted by atomic mass is 9.85. The molecular weight excluding hydrogens is 246 g/mol. The summed E-state index contributed by atoms with van der Waals surface area (Å²) in [5, 5.41) is 0. The third kappa shape index (κ3) is 3.38. The zero-order chi connectivity index (χ0) is 13.0. The normalized spacial score (nSPS) is 23.9. The van der Waals surface area contributed by atoms with Crippen molar-refractivity contribution in [3.05, 3.63) is 23.4 Å². The summed E-state index contributed by atoms with van der Waals surface area (Å²) in [5.74, 6) is 1.94. The molecule has 0 bridgehead atoms. The third-order valence-electron chi connectivity index (χ3n) is 3.78. The molecule has 1 fully saturated rings. The Morgan fingerprint density at radius 1 is 1.33 bits per heavy atom. The van der Waals surface area contributed by atoms with Crippen molar-refractivity contribution in [1.29, 1.82) is 0 Å². The lowest BCUT2D eigenvalue weighted by Crippen LogP contribution is -2.30. The van der Waals surface area contributed by atoms with Crippen molar-refractivity contribution >= 4 is 11.6 Å². The molecular formula is C15H22ClNO. The van der Waals surface area contributed by atoms with Crippen LogP contribution in [0.15, 0.2) is 12.1 Å². The molecule has 2 atom stereocenters. The highest BCUT2D eigenvalue weighted by molar-refractivity contribution is 6.17. The van der Waals surface area contributed by atoms with Gasteiger partial charge in [0.1, 0.15) is 6.10 Å². The van der Waals surface area contributed by atoms with E-state index in [9.17, 15) is 0 Å². The number of rotatable bonds is 4. The number of alkyl halides is 1. The van der Waals surface area contributed by atoms with Crippen LogP contribution in [0.4, 0.5) is 0 Å². The molecule has 0 aliphatic heterocycles. The minimum atomic E-state index is 0.334. The van der Waals surface area contributed by atoms with Gasteiger partial charge < -0.3 is 4.74 Å². The van der Waals surface area contributed by atoms with Gasteiger partial charge in [-0.3, -0.25) is 0 Å². The van der Waals surface area contributed by atoms with Gasteiger partial charge in [-0.2, -0.15) is 0 Å². The number of halogens is 1. The first-order chi connectivity index (χ1) is 8.72. The van der Waals surface area contributed by atoms with Gasteiger partial charge in [-0.05, 0) is 50.2 Å². The molecule has 2 unspecified atom stereocenters. The van der Waals surface area contributed by atoms with Crippen LogP contribution < -0.4 is 4.74 Å². The fourth-order valence-corrected chi connectivity index (χ4v) is 2.95. The van der Waals surface area contributed by atoms with Crippen molar-refractivity contribution in [2.24, 2.45) is 5.92 Å². The molecule has 0 radical (unpaired) electrons. The molecule has 1 heterocycles. The van der Waals surface area contributed by atoms with Gasteiger partial charge in [0.15, 0.2) is 0 Å². The summed E-state index contributed by atoms with van der Waals surface area (Å²) >= 11 is 5.89. The lowest BCUT2D eigenvalue weighted by Gasteiger charge is -2.30. The Labute approximate surface area is 115 Å². The second-order valence-electron chi connectivity index (χ2n) is 5.20. The summed E-state index contributed by atoms with van der Waals surface area (Å²) in [7, 11) is 0. The lowest BCUT2D eigenvalue weighted by molar-refractivity contribution is 0.0856. The fourth-order valence-electron chi connectivity index (χ4n) is 2.80. The summed E-state index contributed by atoms with van der Waals surface area (Å²) in [6.45, 7) is 4.24. The zero-order valence-corrected chi connectivity index (χ0v) is 12.0. The summed E-state index contributed by atoms with van der Waals surface area (Å²) < 4.78 is 6.11. The third-order valence-corrected chi connectivity index (χ3v) is 4.09. The predicted octanol–water partition coefficient (Wildman–Crippen LogP) is 4.48. The largest absolute Gasteiger partial charge is 0.474 e. The smallest absolute Gasteiger partial charge is 0.214 e. The zero-order valence-electron chi connectivity index (χ0n) is 11.3. The monoisotopic (exact) mass is 267 g/mol. The quantitative estimate of drug-likeness (QED) is 0.751. The molecule has 1 aliphatic rings. The topological polar surface area (TPSA) is 22.1 Å². The van der Waals surface area contributed by atoms with Crippen LogP contribution >= 0.6 is 11.6 Å². The van der Waals surface area contributed by atoms with E-state index < -0.39 is 0 Å². The highest BCUT2D eigenvalue weighted by atomic mass is 35.5. The van der Waals surface area contributed by atoms with Crippen molar-refractivity contribution in [3.8, 4) is 5.88 Å². The van der Waals surface area contributed by atoms with Gasteiger partial charge in [0.05, 0.1) is 0 Å². The Hall–Kier alpha value is -0.760. The highest BCUT2D eigenvalue weighted by Crippen LogP contribution is 2.30. The van der Waals surface area contributed by atoms with E-state index in [1.807, 2.05) is 19.1 Å². The van der Waals surface area contributed by atoms with E-state index in [1.165, 1.54) is 25.7 Å². The van der Waals surface area contributed by atoms with Crippen molar-refractivity contribution in [2.75, 3.05) is 0 Å². The van der Waals surface area contributed by atoms with E-state index in [1.54, 1.807) is 0 Å². The SMILES string of the molecule is CCC1CCCCC1Oc1cc(CCl)cc(C)n1. The Morgan fingerprint density at radius 2 is 2.11 bits per heavy atom. The van der Waals surface area contributed by atoms with Gasteiger partial charge in [-0.25, -0.2) is 4.98 Å². The van der Waals surface area contributed by atoms with Crippen LogP contribution in [0.3, 0.4) is 0 Å². The average molecular weight is 268 g/mol. The molecule has 2 rings (SSSR count). The first-order valence-corrected chi connectivity index (χ1v) is 7.46. The summed E-state index contributed by atoms with van der Waals surface area (Å²) in [6.07, 6.45) is 6.58. The number of aromatic nitrogens is 1. The van der Waals surface area contributed by atoms with E-state index in [0.29, 0.717) is 17.9 Å². The van der Waals surface area contributed by atoms with E-state index in [0.717, 1.165) is 23.6 Å². The van der Waals surface area contributed by atoms with Crippen LogP contribution in [0.5, 0.6) is 5.88 Å². The van der Waals surface area contributed by atoms with Gasteiger partial charge >= 0.3 is 0 Å². The van der Waals surface area contributed by atoms with Gasteiger partial charge in [0.2, 0.25) is 5.88 Å². The maximum Gasteiger partial charge on any atom is 0.214 e. The molecule has 1 aromatic rings. The second kappa shape index (κ2) is 6.42. The average Bonchev–Trinajstić information content (AvgIpc) is 2.38. The molecule has 3 heteroatoms. The van der Waals surface area contributed by atoms with Crippen LogP contribution in [-0.4, -0.2) is 11.1 Å². The molecule has 0 spiro atoms. The van der Waals surface area contributed by atoms with E-state index in [4.69, 9.17) is 16.3 Å². The molecule has 0 N–H and O–H groups in total. The molecule has 18 heavy (non-hydrogen) atoms. The number of ether oxygens (including phenoxy) is 1. The standard InChI is InChI=1S/C15H22ClNO/c1-3-13-6-4-5-7-14(13)18-15-9-12(10-16)8-11(2)17-15/h8-9,13-14H,3-7,10H2,1-2H3. The number of nitrogens with zero attached hydrogens (tertiary/aromatic N) is 1. The maximum absolute atomic E-state index is 6.11. The fraction of sp³-hybridized carbons (Fsp3) is 0.667. The Bertz CT molecular complexity index is 394. The van der Waals surface area contributed by atoms with Crippen molar-refractivity contribution in [2.45, 2.75) is 57.9 Å². The molecule has 2 nitrogen and oxygen atoms in total. The van der Waals surface area contributed by atoms with E-state index in [-0.39, 0.29) is 0 Å². The first-order valence-electron chi connectivity index (χ1n) is 6.93. The molecule has 0 aromatic carbocycles. The van der Waals surface area contributed by atoms with E-state index >= 15 is 0 Å². The van der Waals surface area contributed by atoms with Crippen LogP contribution in [0.2, 0.25) is 0 Å². The van der Waals surface area contributed by atoms with E-state index in [2.05, 4.69) is 11.9 Å². The Morgan fingerprint density at radius 3 is 2.83 bits per heavy atom. The highest BCUT2D eigenvalue weighted by Gasteiger charge is 2.25. The summed E-state index contributed by atoms with van der Waals surface area (Å²) in [5.41, 5.74) is 2.06. The van der Waals surface area contributed by atoms with Crippen LogP contribution in [-0.2, 0) is 5.88 Å². The number of pyridine rings is 1. The van der Waals surface area contributed by atoms with Gasteiger partial charge in [-0.1, -0.05) is 13.3 Å². The number of hydrogen-bond donors (Lipinski definition) is 0. The van der Waals surface area contributed by atoms with Crippen molar-refractivity contribution in [3.63, 3.8) is 0 Å². The van der Waals surface area contributed by atoms with Crippen molar-refractivity contribution < 1.29 is 4.74 Å². The molecule has 0 amide bonds. The number of aryl methyl sites for hydroxylation is 1. The predicted molar refractivity (Wildman–Crippen MR) is 75.2 cm³/mol. The minimum absolute atomic E-state index is 0.334. The molecule has 1 aromatic heterocycles. The number of hydrogen-bond acceptors (Lipinski definition) is 2. The Kier molecular flexibility index (Phi) is 4.87.